The van der Waals surface area contributed by atoms with E-state index in [-0.39, 0.29) is 35.3 Å². The molecule has 0 aromatic carbocycles. The molecule has 0 aromatic rings. The van der Waals surface area contributed by atoms with E-state index in [2.05, 4.69) is 11.1 Å². The molecule has 5 heteroatoms. The molecular formula is C13H29NaO3S. The molecular weight excluding hydrogens is 259 g/mol. The van der Waals surface area contributed by atoms with E-state index in [1.165, 1.54) is 52.1 Å². The van der Waals surface area contributed by atoms with E-state index >= 15 is 0 Å². The number of rotatable bonds is 12. The monoisotopic (exact) mass is 288 g/mol. The molecule has 3 nitrogen and oxygen atoms in total. The number of hydrogen-bond donors (Lipinski definition) is 0. The average molecular weight is 288 g/mol. The summed E-state index contributed by atoms with van der Waals surface area (Å²) in [5, 5.41) is 0. The van der Waals surface area contributed by atoms with Gasteiger partial charge in [0.1, 0.15) is 0 Å². The van der Waals surface area contributed by atoms with E-state index in [0.29, 0.717) is 0 Å². The van der Waals surface area contributed by atoms with Gasteiger partial charge in [-0.2, -0.15) is 8.42 Å². The molecule has 106 valence electrons. The van der Waals surface area contributed by atoms with Gasteiger partial charge in [0.25, 0.3) is 10.1 Å². The van der Waals surface area contributed by atoms with Crippen molar-refractivity contribution in [3.05, 3.63) is 0 Å². The van der Waals surface area contributed by atoms with Gasteiger partial charge in [-0.25, -0.2) is 0 Å². The van der Waals surface area contributed by atoms with Crippen molar-refractivity contribution in [2.75, 3.05) is 12.9 Å². The summed E-state index contributed by atoms with van der Waals surface area (Å²) >= 11 is 0. The van der Waals surface area contributed by atoms with Crippen molar-refractivity contribution in [1.82, 2.24) is 0 Å². The normalized spacial score (nSPS) is 11.2. The Labute approximate surface area is 135 Å². The molecule has 0 unspecified atom stereocenters. The molecule has 0 N–H and O–H groups in total. The second-order valence-corrected chi connectivity index (χ2v) is 6.47. The number of hydrogen-bond acceptors (Lipinski definition) is 3. The molecule has 0 fully saturated rings. The van der Waals surface area contributed by atoms with Crippen LogP contribution in [0, 0.1) is 0 Å². The SMILES string of the molecule is CCCCCCCCCCCCS(=O)(=O)OC.[NaH]. The zero-order valence-electron chi connectivity index (χ0n) is 11.4. The zero-order chi connectivity index (χ0) is 13.0. The Hall–Kier alpha value is 0.910. The van der Waals surface area contributed by atoms with Gasteiger partial charge in [0.2, 0.25) is 0 Å². The Bertz CT molecular complexity index is 253. The first-order valence-electron chi connectivity index (χ1n) is 6.90. The summed E-state index contributed by atoms with van der Waals surface area (Å²) in [6, 6.07) is 0. The molecule has 0 saturated heterocycles. The van der Waals surface area contributed by atoms with Crippen LogP contribution in [0.3, 0.4) is 0 Å². The van der Waals surface area contributed by atoms with E-state index in [0.717, 1.165) is 19.3 Å². The van der Waals surface area contributed by atoms with Crippen LogP contribution in [-0.4, -0.2) is 50.8 Å². The topological polar surface area (TPSA) is 43.4 Å². The van der Waals surface area contributed by atoms with Crippen LogP contribution in [0.5, 0.6) is 0 Å². The molecule has 0 aliphatic heterocycles. The van der Waals surface area contributed by atoms with Gasteiger partial charge in [-0.15, -0.1) is 0 Å². The molecule has 0 spiro atoms. The summed E-state index contributed by atoms with van der Waals surface area (Å²) in [4.78, 5) is 0. The van der Waals surface area contributed by atoms with E-state index in [4.69, 9.17) is 0 Å². The Kier molecular flexibility index (Phi) is 16.9. The Morgan fingerprint density at radius 3 is 1.56 bits per heavy atom. The van der Waals surface area contributed by atoms with Crippen molar-refractivity contribution in [1.29, 1.82) is 0 Å². The van der Waals surface area contributed by atoms with Crippen LogP contribution >= 0.6 is 0 Å². The first-order chi connectivity index (χ1) is 8.12. The van der Waals surface area contributed by atoms with Crippen LogP contribution in [0.25, 0.3) is 0 Å². The maximum atomic E-state index is 11.0. The minimum absolute atomic E-state index is 0. The van der Waals surface area contributed by atoms with Crippen molar-refractivity contribution >= 4 is 39.7 Å². The molecule has 0 rings (SSSR count). The standard InChI is InChI=1S/C13H28O3S.Na.H/c1-3-4-5-6-7-8-9-10-11-12-13-17(14,15)16-2;;/h3-13H2,1-2H3;;. The first kappa shape index (κ1) is 21.2. The fraction of sp³-hybridized carbons (Fsp3) is 1.00. The van der Waals surface area contributed by atoms with Gasteiger partial charge in [0.05, 0.1) is 12.9 Å². The van der Waals surface area contributed by atoms with Gasteiger partial charge in [0.15, 0.2) is 0 Å². The second-order valence-electron chi connectivity index (χ2n) is 4.61. The molecule has 18 heavy (non-hydrogen) atoms. The van der Waals surface area contributed by atoms with Gasteiger partial charge >= 0.3 is 29.6 Å². The van der Waals surface area contributed by atoms with Crippen LogP contribution in [0.4, 0.5) is 0 Å². The summed E-state index contributed by atoms with van der Waals surface area (Å²) in [6.07, 6.45) is 12.1. The number of unbranched alkanes of at least 4 members (excludes halogenated alkanes) is 9. The quantitative estimate of drug-likeness (QED) is 0.314. The fourth-order valence-electron chi connectivity index (χ4n) is 1.85. The van der Waals surface area contributed by atoms with Gasteiger partial charge in [-0.3, -0.25) is 4.18 Å². The maximum absolute atomic E-state index is 11.0. The van der Waals surface area contributed by atoms with Crippen molar-refractivity contribution < 1.29 is 12.6 Å². The molecule has 0 aliphatic carbocycles. The summed E-state index contributed by atoms with van der Waals surface area (Å²) in [5.74, 6) is 0.167. The molecule has 0 heterocycles. The van der Waals surface area contributed by atoms with E-state index in [1.54, 1.807) is 0 Å². The second kappa shape index (κ2) is 14.3. The fourth-order valence-corrected chi connectivity index (χ4v) is 2.57. The molecule has 0 amide bonds. The average Bonchev–Trinajstić information content (AvgIpc) is 2.31. The van der Waals surface area contributed by atoms with Gasteiger partial charge in [-0.05, 0) is 6.42 Å². The third-order valence-electron chi connectivity index (χ3n) is 3.00. The Morgan fingerprint density at radius 1 is 0.778 bits per heavy atom. The van der Waals surface area contributed by atoms with Crippen molar-refractivity contribution in [2.45, 2.75) is 71.1 Å². The van der Waals surface area contributed by atoms with Crippen LogP contribution < -0.4 is 0 Å². The molecule has 0 aliphatic rings. The molecule has 0 bridgehead atoms. The van der Waals surface area contributed by atoms with Gasteiger partial charge in [-0.1, -0.05) is 64.7 Å². The summed E-state index contributed by atoms with van der Waals surface area (Å²) < 4.78 is 26.4. The third-order valence-corrected chi connectivity index (χ3v) is 4.30. The third kappa shape index (κ3) is 15.0. The van der Waals surface area contributed by atoms with Gasteiger partial charge in [0, 0.05) is 0 Å². The molecule has 0 atom stereocenters. The first-order valence-corrected chi connectivity index (χ1v) is 8.48. The van der Waals surface area contributed by atoms with Crippen LogP contribution in [0.15, 0.2) is 0 Å². The van der Waals surface area contributed by atoms with Crippen molar-refractivity contribution in [2.24, 2.45) is 0 Å². The molecule has 0 radical (unpaired) electrons. The summed E-state index contributed by atoms with van der Waals surface area (Å²) in [6.45, 7) is 2.23. The van der Waals surface area contributed by atoms with Crippen LogP contribution in [0.1, 0.15) is 71.1 Å². The molecule has 0 saturated carbocycles. The Morgan fingerprint density at radius 2 is 1.17 bits per heavy atom. The van der Waals surface area contributed by atoms with Gasteiger partial charge < -0.3 is 0 Å². The van der Waals surface area contributed by atoms with E-state index in [1.807, 2.05) is 0 Å². The minimum atomic E-state index is -3.23. The van der Waals surface area contributed by atoms with E-state index in [9.17, 15) is 8.42 Å². The summed E-state index contributed by atoms with van der Waals surface area (Å²) in [5.41, 5.74) is 0. The predicted molar refractivity (Wildman–Crippen MR) is 79.8 cm³/mol. The van der Waals surface area contributed by atoms with E-state index < -0.39 is 10.1 Å². The van der Waals surface area contributed by atoms with Crippen molar-refractivity contribution in [3.8, 4) is 0 Å². The summed E-state index contributed by atoms with van der Waals surface area (Å²) in [7, 11) is -2.00. The van der Waals surface area contributed by atoms with Crippen molar-refractivity contribution in [3.63, 3.8) is 0 Å². The molecule has 0 aromatic heterocycles. The predicted octanol–water partition coefficient (Wildman–Crippen LogP) is 3.24. The van der Waals surface area contributed by atoms with Crippen LogP contribution in [0.2, 0.25) is 0 Å². The van der Waals surface area contributed by atoms with Crippen LogP contribution in [-0.2, 0) is 14.3 Å². The zero-order valence-corrected chi connectivity index (χ0v) is 12.2. The Balaban J connectivity index is 0.